The fourth-order valence-corrected chi connectivity index (χ4v) is 5.35. The molecule has 1 atom stereocenters. The van der Waals surface area contributed by atoms with Gasteiger partial charge in [0.2, 0.25) is 11.8 Å². The van der Waals surface area contributed by atoms with Gasteiger partial charge in [-0.15, -0.1) is 0 Å². The number of benzene rings is 1. The number of nitrogens with zero attached hydrogens (tertiary/aromatic N) is 3. The largest absolute Gasteiger partial charge is 0.443 e. The number of carbonyl (C=O) groups excluding carboxylic acids is 3. The average molecular weight is 569 g/mol. The highest BCUT2D eigenvalue weighted by Gasteiger charge is 2.37. The predicted octanol–water partition coefficient (Wildman–Crippen LogP) is 3.20. The maximum absolute atomic E-state index is 14.0. The van der Waals surface area contributed by atoms with Gasteiger partial charge in [-0.1, -0.05) is 0 Å². The second kappa shape index (κ2) is 12.2. The molecule has 3 amide bonds. The molecule has 3 N–H and O–H groups in total. The second-order valence-corrected chi connectivity index (χ2v) is 11.7. The van der Waals surface area contributed by atoms with Crippen molar-refractivity contribution in [1.29, 1.82) is 0 Å². The van der Waals surface area contributed by atoms with Crippen molar-refractivity contribution in [3.63, 3.8) is 0 Å². The number of carbonyl (C=O) groups is 3. The SMILES string of the molecule is CC(C)(C)OC(=O)NN1CCC(CN2CCN(c3ccc(NC4CCC(=O)NC4=O)cc3C(F)(F)F)CC2)CC1. The van der Waals surface area contributed by atoms with Gasteiger partial charge in [-0.05, 0) is 64.2 Å². The number of amides is 3. The van der Waals surface area contributed by atoms with E-state index in [4.69, 9.17) is 4.74 Å². The van der Waals surface area contributed by atoms with Crippen LogP contribution in [0.5, 0.6) is 0 Å². The zero-order chi connectivity index (χ0) is 29.1. The highest BCUT2D eigenvalue weighted by molar-refractivity contribution is 6.01. The van der Waals surface area contributed by atoms with Crippen LogP contribution in [0, 0.1) is 5.92 Å². The van der Waals surface area contributed by atoms with Crippen LogP contribution in [0.25, 0.3) is 0 Å². The summed E-state index contributed by atoms with van der Waals surface area (Å²) in [5, 5.41) is 6.93. The zero-order valence-electron chi connectivity index (χ0n) is 23.3. The molecule has 4 rings (SSSR count). The van der Waals surface area contributed by atoms with Gasteiger partial charge in [-0.3, -0.25) is 25.2 Å². The summed E-state index contributed by atoms with van der Waals surface area (Å²) in [5.74, 6) is -0.462. The number of piperidine rings is 2. The lowest BCUT2D eigenvalue weighted by Crippen LogP contribution is -2.51. The number of anilines is 2. The van der Waals surface area contributed by atoms with Crippen molar-refractivity contribution < 1.29 is 32.3 Å². The zero-order valence-corrected chi connectivity index (χ0v) is 23.3. The van der Waals surface area contributed by atoms with Crippen molar-refractivity contribution in [3.05, 3.63) is 23.8 Å². The van der Waals surface area contributed by atoms with Gasteiger partial charge in [0, 0.05) is 63.6 Å². The molecule has 0 aliphatic carbocycles. The Morgan fingerprint density at radius 1 is 1.02 bits per heavy atom. The summed E-state index contributed by atoms with van der Waals surface area (Å²) in [6, 6.07) is 3.30. The molecular weight excluding hydrogens is 529 g/mol. The number of rotatable bonds is 6. The van der Waals surface area contributed by atoms with Crippen LogP contribution in [0.3, 0.4) is 0 Å². The Morgan fingerprint density at radius 2 is 1.70 bits per heavy atom. The summed E-state index contributed by atoms with van der Waals surface area (Å²) in [6.45, 7) is 10.0. The van der Waals surface area contributed by atoms with Crippen LogP contribution in [0.2, 0.25) is 0 Å². The van der Waals surface area contributed by atoms with E-state index in [-0.39, 0.29) is 30.1 Å². The van der Waals surface area contributed by atoms with Crippen molar-refractivity contribution in [3.8, 4) is 0 Å². The third-order valence-electron chi connectivity index (χ3n) is 7.37. The monoisotopic (exact) mass is 568 g/mol. The first-order valence-electron chi connectivity index (χ1n) is 13.8. The summed E-state index contributed by atoms with van der Waals surface area (Å²) in [5.41, 5.74) is 1.81. The molecule has 3 aliphatic heterocycles. The smallest absolute Gasteiger partial charge is 0.422 e. The number of piperazine rings is 1. The molecule has 10 nitrogen and oxygen atoms in total. The van der Waals surface area contributed by atoms with E-state index in [9.17, 15) is 27.6 Å². The van der Waals surface area contributed by atoms with Crippen molar-refractivity contribution in [1.82, 2.24) is 20.7 Å². The van der Waals surface area contributed by atoms with Crippen LogP contribution in [0.4, 0.5) is 29.3 Å². The second-order valence-electron chi connectivity index (χ2n) is 11.7. The first kappa shape index (κ1) is 29.9. The maximum Gasteiger partial charge on any atom is 0.422 e. The Kier molecular flexibility index (Phi) is 9.13. The molecule has 3 fully saturated rings. The molecular formula is C27H39F3N6O4. The molecule has 40 heavy (non-hydrogen) atoms. The number of hydrogen-bond donors (Lipinski definition) is 3. The van der Waals surface area contributed by atoms with Gasteiger partial charge in [-0.2, -0.15) is 13.2 Å². The van der Waals surface area contributed by atoms with Gasteiger partial charge in [0.15, 0.2) is 0 Å². The topological polar surface area (TPSA) is 106 Å². The van der Waals surface area contributed by atoms with E-state index in [0.717, 1.165) is 38.5 Å². The molecule has 0 bridgehead atoms. The van der Waals surface area contributed by atoms with Crippen LogP contribution < -0.4 is 21.0 Å². The number of hydrazine groups is 1. The molecule has 0 radical (unpaired) electrons. The Morgan fingerprint density at radius 3 is 2.30 bits per heavy atom. The third-order valence-corrected chi connectivity index (χ3v) is 7.37. The average Bonchev–Trinajstić information content (AvgIpc) is 2.86. The van der Waals surface area contributed by atoms with Gasteiger partial charge < -0.3 is 15.0 Å². The molecule has 1 aromatic rings. The van der Waals surface area contributed by atoms with E-state index in [1.54, 1.807) is 11.0 Å². The summed E-state index contributed by atoms with van der Waals surface area (Å²) in [4.78, 5) is 39.5. The highest BCUT2D eigenvalue weighted by atomic mass is 19.4. The first-order chi connectivity index (χ1) is 18.8. The minimum atomic E-state index is -4.56. The van der Waals surface area contributed by atoms with Crippen molar-refractivity contribution >= 4 is 29.3 Å². The van der Waals surface area contributed by atoms with Gasteiger partial charge >= 0.3 is 12.3 Å². The standard InChI is InChI=1S/C27H39F3N6O4/c1-26(2,3)40-25(39)33-36-10-8-18(9-11-36)17-34-12-14-35(15-13-34)22-6-4-19(16-20(22)27(28,29)30)31-21-5-7-23(37)32-24(21)38/h4,6,16,18,21,31H,5,7-15,17H2,1-3H3,(H,33,39)(H,32,37,38). The van der Waals surface area contributed by atoms with E-state index in [1.807, 2.05) is 25.8 Å². The normalized spacial score (nSPS) is 22.1. The maximum atomic E-state index is 14.0. The van der Waals surface area contributed by atoms with E-state index in [1.165, 1.54) is 6.07 Å². The Labute approximate surface area is 232 Å². The van der Waals surface area contributed by atoms with Gasteiger partial charge in [0.25, 0.3) is 0 Å². The van der Waals surface area contributed by atoms with Gasteiger partial charge in [0.1, 0.15) is 11.6 Å². The van der Waals surface area contributed by atoms with Crippen LogP contribution in [0.15, 0.2) is 18.2 Å². The third kappa shape index (κ3) is 8.23. The van der Waals surface area contributed by atoms with E-state index >= 15 is 0 Å². The van der Waals surface area contributed by atoms with E-state index in [0.29, 0.717) is 32.1 Å². The fraction of sp³-hybridized carbons (Fsp3) is 0.667. The minimum absolute atomic E-state index is 0.127. The van der Waals surface area contributed by atoms with E-state index < -0.39 is 35.4 Å². The number of hydrogen-bond acceptors (Lipinski definition) is 8. The van der Waals surface area contributed by atoms with Crippen LogP contribution in [-0.4, -0.2) is 85.3 Å². The quantitative estimate of drug-likeness (QED) is 0.450. The molecule has 3 heterocycles. The summed E-state index contributed by atoms with van der Waals surface area (Å²) in [6.07, 6.45) is -2.82. The Bertz CT molecular complexity index is 1080. The molecule has 0 aromatic heterocycles. The summed E-state index contributed by atoms with van der Waals surface area (Å²) in [7, 11) is 0. The fourth-order valence-electron chi connectivity index (χ4n) is 5.35. The Balaban J connectivity index is 1.28. The lowest BCUT2D eigenvalue weighted by atomic mass is 9.96. The molecule has 3 aliphatic rings. The lowest BCUT2D eigenvalue weighted by molar-refractivity contribution is -0.137. The first-order valence-corrected chi connectivity index (χ1v) is 13.8. The van der Waals surface area contributed by atoms with Gasteiger partial charge in [0.05, 0.1) is 5.56 Å². The van der Waals surface area contributed by atoms with Gasteiger partial charge in [-0.25, -0.2) is 9.80 Å². The van der Waals surface area contributed by atoms with Crippen molar-refractivity contribution in [2.75, 3.05) is 56.0 Å². The minimum Gasteiger partial charge on any atom is -0.443 e. The summed E-state index contributed by atoms with van der Waals surface area (Å²) >= 11 is 0. The molecule has 1 aromatic carbocycles. The number of ether oxygens (including phenoxy) is 1. The van der Waals surface area contributed by atoms with Crippen LogP contribution >= 0.6 is 0 Å². The van der Waals surface area contributed by atoms with Crippen LogP contribution in [0.1, 0.15) is 52.0 Å². The predicted molar refractivity (Wildman–Crippen MR) is 144 cm³/mol. The van der Waals surface area contributed by atoms with Crippen molar-refractivity contribution in [2.24, 2.45) is 5.92 Å². The number of halogens is 3. The lowest BCUT2D eigenvalue weighted by Gasteiger charge is -2.40. The number of imide groups is 1. The molecule has 13 heteroatoms. The molecule has 1 unspecified atom stereocenters. The molecule has 222 valence electrons. The number of nitrogens with one attached hydrogen (secondary N) is 3. The van der Waals surface area contributed by atoms with Crippen LogP contribution in [-0.2, 0) is 20.5 Å². The number of alkyl halides is 3. The van der Waals surface area contributed by atoms with Crippen molar-refractivity contribution in [2.45, 2.75) is 64.3 Å². The summed E-state index contributed by atoms with van der Waals surface area (Å²) < 4.78 is 47.4. The molecule has 3 saturated heterocycles. The highest BCUT2D eigenvalue weighted by Crippen LogP contribution is 2.39. The van der Waals surface area contributed by atoms with E-state index in [2.05, 4.69) is 21.0 Å². The Hall–Kier alpha value is -3.06. The molecule has 0 saturated carbocycles. The molecule has 0 spiro atoms.